The van der Waals surface area contributed by atoms with Gasteiger partial charge in [-0.15, -0.1) is 0 Å². The Morgan fingerprint density at radius 1 is 0.446 bits per heavy atom. The van der Waals surface area contributed by atoms with E-state index in [1.807, 2.05) is 24.3 Å². The Hall–Kier alpha value is -6.69. The molecule has 0 spiro atoms. The Morgan fingerprint density at radius 3 is 1.25 bits per heavy atom. The first-order valence-electron chi connectivity index (χ1n) is 22.5. The molecule has 0 heterocycles. The van der Waals surface area contributed by atoms with E-state index < -0.39 is 17.9 Å². The lowest BCUT2D eigenvalue weighted by atomic mass is 10.1. The molecular weight excluding hydrogens is 829 g/mol. The van der Waals surface area contributed by atoms with Crippen LogP contribution in [-0.2, 0) is 28.6 Å². The summed E-state index contributed by atoms with van der Waals surface area (Å²) in [5, 5.41) is 0. The van der Waals surface area contributed by atoms with Crippen LogP contribution in [0.5, 0.6) is 23.0 Å². The van der Waals surface area contributed by atoms with E-state index in [2.05, 4.69) is 13.2 Å². The van der Waals surface area contributed by atoms with Gasteiger partial charge in [-0.3, -0.25) is 4.79 Å². The highest BCUT2D eigenvalue weighted by Gasteiger charge is 2.12. The van der Waals surface area contributed by atoms with Crippen molar-refractivity contribution in [1.82, 2.24) is 0 Å². The number of rotatable bonds is 31. The molecule has 4 rings (SSSR count). The molecule has 0 N–H and O–H groups in total. The maximum Gasteiger partial charge on any atom is 0.343 e. The largest absolute Gasteiger partial charge is 0.494 e. The van der Waals surface area contributed by atoms with Crippen LogP contribution in [0.4, 0.5) is 0 Å². The highest BCUT2D eigenvalue weighted by atomic mass is 16.5. The summed E-state index contributed by atoms with van der Waals surface area (Å²) in [7, 11) is 0. The van der Waals surface area contributed by atoms with Gasteiger partial charge in [0.15, 0.2) is 0 Å². The Bertz CT molecular complexity index is 2090. The molecule has 0 aliphatic carbocycles. The minimum Gasteiger partial charge on any atom is -0.494 e. The fraction of sp³-hybridized carbons (Fsp3) is 0.377. The van der Waals surface area contributed by atoms with E-state index in [0.29, 0.717) is 92.0 Å². The van der Waals surface area contributed by atoms with E-state index in [1.54, 1.807) is 79.7 Å². The van der Waals surface area contributed by atoms with Gasteiger partial charge in [0.1, 0.15) is 23.0 Å². The molecule has 346 valence electrons. The van der Waals surface area contributed by atoms with E-state index in [0.717, 1.165) is 87.8 Å². The predicted octanol–water partition coefficient (Wildman–Crippen LogP) is 11.4. The van der Waals surface area contributed by atoms with Gasteiger partial charge >= 0.3 is 29.8 Å². The summed E-state index contributed by atoms with van der Waals surface area (Å²) >= 11 is 0. The lowest BCUT2D eigenvalue weighted by Crippen LogP contribution is -2.08. The number of ether oxygens (including phenoxy) is 7. The molecule has 0 aliphatic rings. The van der Waals surface area contributed by atoms with Crippen molar-refractivity contribution in [2.24, 2.45) is 0 Å². The summed E-state index contributed by atoms with van der Waals surface area (Å²) in [4.78, 5) is 59.9. The van der Waals surface area contributed by atoms with Crippen LogP contribution >= 0.6 is 0 Å². The lowest BCUT2D eigenvalue weighted by Gasteiger charge is -2.09. The van der Waals surface area contributed by atoms with Crippen LogP contribution in [0.25, 0.3) is 11.1 Å². The summed E-state index contributed by atoms with van der Waals surface area (Å²) < 4.78 is 38.2. The molecule has 4 aromatic rings. The number of unbranched alkanes of at least 4 members (excludes halogenated alkanes) is 10. The van der Waals surface area contributed by atoms with E-state index in [-0.39, 0.29) is 11.9 Å². The summed E-state index contributed by atoms with van der Waals surface area (Å²) in [6, 6.07) is 28.0. The molecule has 0 saturated heterocycles. The summed E-state index contributed by atoms with van der Waals surface area (Å²) in [6.45, 7) is 10.8. The van der Waals surface area contributed by atoms with Gasteiger partial charge in [0, 0.05) is 18.1 Å². The molecule has 0 amide bonds. The predicted molar refractivity (Wildman–Crippen MR) is 248 cm³/mol. The molecule has 65 heavy (non-hydrogen) atoms. The SMILES string of the molecule is C=CC(=O)OCCCCCCOc1ccc(C(=O)Oc2ccc(-c3ccc(OC(=O)c4ccc(OCCCCCCCCOC(=O)CCCCCOC(=O)C(=C)C)cc4)cc3)cc2)cc1. The van der Waals surface area contributed by atoms with Crippen LogP contribution in [0.1, 0.15) is 118 Å². The third kappa shape index (κ3) is 20.6. The average Bonchev–Trinajstić information content (AvgIpc) is 3.32. The second-order valence-electron chi connectivity index (χ2n) is 15.4. The minimum atomic E-state index is -0.480. The van der Waals surface area contributed by atoms with Crippen LogP contribution in [0.15, 0.2) is 122 Å². The molecule has 12 heteroatoms. The second-order valence-corrected chi connectivity index (χ2v) is 15.4. The van der Waals surface area contributed by atoms with Crippen molar-refractivity contribution < 1.29 is 57.1 Å². The first-order valence-corrected chi connectivity index (χ1v) is 22.5. The van der Waals surface area contributed by atoms with Crippen molar-refractivity contribution in [3.63, 3.8) is 0 Å². The maximum absolute atomic E-state index is 12.8. The average molecular weight is 891 g/mol. The van der Waals surface area contributed by atoms with Gasteiger partial charge in [-0.05, 0) is 149 Å². The standard InChI is InChI=1S/C53H62O12/c1-4-49(54)61-37-16-10-9-14-36-60-46-29-25-44(26-30-46)53(58)65-48-33-21-42(22-34-48)41-19-31-47(32-20-41)64-52(57)43-23-27-45(28-24-43)59-35-13-7-5-6-8-15-38-62-50(55)18-12-11-17-39-63-51(56)40(2)3/h4,19-34H,1-2,5-18,35-39H2,3H3. The van der Waals surface area contributed by atoms with Crippen LogP contribution < -0.4 is 18.9 Å². The van der Waals surface area contributed by atoms with Crippen LogP contribution in [0.3, 0.4) is 0 Å². The number of benzene rings is 4. The molecule has 0 aliphatic heterocycles. The highest BCUT2D eigenvalue weighted by Crippen LogP contribution is 2.26. The quantitative estimate of drug-likeness (QED) is 0.0155. The lowest BCUT2D eigenvalue weighted by molar-refractivity contribution is -0.144. The van der Waals surface area contributed by atoms with Gasteiger partial charge in [-0.2, -0.15) is 0 Å². The van der Waals surface area contributed by atoms with Crippen LogP contribution in [-0.4, -0.2) is 62.9 Å². The molecule has 0 atom stereocenters. The molecule has 0 saturated carbocycles. The van der Waals surface area contributed by atoms with Crippen molar-refractivity contribution in [3.05, 3.63) is 133 Å². The third-order valence-electron chi connectivity index (χ3n) is 10.0. The van der Waals surface area contributed by atoms with Gasteiger partial charge < -0.3 is 33.2 Å². The van der Waals surface area contributed by atoms with Gasteiger partial charge in [0.25, 0.3) is 0 Å². The number of carbonyl (C=O) groups is 5. The Balaban J connectivity index is 1.04. The third-order valence-corrected chi connectivity index (χ3v) is 10.0. The van der Waals surface area contributed by atoms with Gasteiger partial charge in [-0.25, -0.2) is 19.2 Å². The highest BCUT2D eigenvalue weighted by molar-refractivity contribution is 5.92. The van der Waals surface area contributed by atoms with Crippen molar-refractivity contribution >= 4 is 29.8 Å². The van der Waals surface area contributed by atoms with E-state index in [4.69, 9.17) is 33.2 Å². The van der Waals surface area contributed by atoms with Crippen molar-refractivity contribution in [1.29, 1.82) is 0 Å². The smallest absolute Gasteiger partial charge is 0.343 e. The summed E-state index contributed by atoms with van der Waals surface area (Å²) in [5.74, 6) is 0.237. The normalized spacial score (nSPS) is 10.6. The molecule has 12 nitrogen and oxygen atoms in total. The van der Waals surface area contributed by atoms with Crippen molar-refractivity contribution in [2.75, 3.05) is 33.0 Å². The molecular formula is C53H62O12. The number of hydrogen-bond donors (Lipinski definition) is 0. The van der Waals surface area contributed by atoms with Crippen molar-refractivity contribution in [3.8, 4) is 34.1 Å². The van der Waals surface area contributed by atoms with E-state index >= 15 is 0 Å². The number of esters is 5. The van der Waals surface area contributed by atoms with Gasteiger partial charge in [0.2, 0.25) is 0 Å². The zero-order chi connectivity index (χ0) is 46.5. The Kier molecular flexibility index (Phi) is 23.2. The maximum atomic E-state index is 12.8. The van der Waals surface area contributed by atoms with Crippen molar-refractivity contribution in [2.45, 2.75) is 96.8 Å². The number of hydrogen-bond acceptors (Lipinski definition) is 12. The zero-order valence-electron chi connectivity index (χ0n) is 37.6. The Labute approximate surface area is 382 Å². The first-order chi connectivity index (χ1) is 31.6. The van der Waals surface area contributed by atoms with Gasteiger partial charge in [-0.1, -0.05) is 63.1 Å². The number of carbonyl (C=O) groups excluding carboxylic acids is 5. The van der Waals surface area contributed by atoms with Crippen LogP contribution in [0, 0.1) is 0 Å². The molecule has 0 unspecified atom stereocenters. The molecule has 0 aromatic heterocycles. The molecule has 0 fully saturated rings. The van der Waals surface area contributed by atoms with Crippen LogP contribution in [0.2, 0.25) is 0 Å². The monoisotopic (exact) mass is 890 g/mol. The topological polar surface area (TPSA) is 150 Å². The van der Waals surface area contributed by atoms with Gasteiger partial charge in [0.05, 0.1) is 44.2 Å². The summed E-state index contributed by atoms with van der Waals surface area (Å²) in [6.07, 6.45) is 13.2. The summed E-state index contributed by atoms with van der Waals surface area (Å²) in [5.41, 5.74) is 2.99. The molecule has 0 radical (unpaired) electrons. The zero-order valence-corrected chi connectivity index (χ0v) is 37.6. The second kappa shape index (κ2) is 29.6. The molecule has 0 bridgehead atoms. The van der Waals surface area contributed by atoms with E-state index in [1.165, 1.54) is 0 Å². The fourth-order valence-corrected chi connectivity index (χ4v) is 6.31. The minimum absolute atomic E-state index is 0.184. The van der Waals surface area contributed by atoms with E-state index in [9.17, 15) is 24.0 Å². The first kappa shape index (κ1) is 50.9. The Morgan fingerprint density at radius 2 is 0.815 bits per heavy atom. The molecule has 4 aromatic carbocycles. The fourth-order valence-electron chi connectivity index (χ4n) is 6.31.